The highest BCUT2D eigenvalue weighted by Crippen LogP contribution is 2.12. The minimum Gasteiger partial charge on any atom is -0.462 e. The highest BCUT2D eigenvalue weighted by molar-refractivity contribution is 7.11. The maximum Gasteiger partial charge on any atom is 0.350 e. The largest absolute Gasteiger partial charge is 0.462 e. The Balaban J connectivity index is 2.97. The molecular weight excluding hydrogens is 228 g/mol. The molecule has 0 radical (unpaired) electrons. The van der Waals surface area contributed by atoms with Gasteiger partial charge in [0.25, 0.3) is 0 Å². The Labute approximate surface area is 98.0 Å². The second-order valence-electron chi connectivity index (χ2n) is 3.25. The first-order valence-corrected chi connectivity index (χ1v) is 6.06. The van der Waals surface area contributed by atoms with Crippen LogP contribution < -0.4 is 10.3 Å². The molecule has 0 aromatic carbocycles. The van der Waals surface area contributed by atoms with E-state index in [1.54, 1.807) is 13.8 Å². The van der Waals surface area contributed by atoms with Gasteiger partial charge in [0, 0.05) is 6.54 Å². The number of carbonyl (C=O) groups is 1. The summed E-state index contributed by atoms with van der Waals surface area (Å²) in [6.07, 6.45) is 0.913. The topological polar surface area (TPSA) is 60.3 Å². The van der Waals surface area contributed by atoms with Crippen molar-refractivity contribution in [3.05, 3.63) is 20.2 Å². The molecule has 0 aliphatic heterocycles. The van der Waals surface area contributed by atoms with Crippen LogP contribution in [0.1, 0.15) is 35.6 Å². The zero-order valence-corrected chi connectivity index (χ0v) is 10.5. The molecule has 0 fully saturated rings. The smallest absolute Gasteiger partial charge is 0.350 e. The number of hydrogen-bond donors (Lipinski definition) is 1. The Bertz CT molecular complexity index is 422. The van der Waals surface area contributed by atoms with Gasteiger partial charge in [0.2, 0.25) is 0 Å². The summed E-state index contributed by atoms with van der Waals surface area (Å²) in [6, 6.07) is 0. The van der Waals surface area contributed by atoms with Gasteiger partial charge in [-0.25, -0.2) is 9.47 Å². The summed E-state index contributed by atoms with van der Waals surface area (Å²) in [4.78, 5) is 23.3. The van der Waals surface area contributed by atoms with Gasteiger partial charge in [-0.3, -0.25) is 4.79 Å². The molecule has 1 aromatic heterocycles. The van der Waals surface area contributed by atoms with Crippen LogP contribution in [0.25, 0.3) is 0 Å². The molecular formula is C10H16N2O3S. The summed E-state index contributed by atoms with van der Waals surface area (Å²) < 4.78 is 6.28. The fourth-order valence-corrected chi connectivity index (χ4v) is 2.09. The lowest BCUT2D eigenvalue weighted by Crippen LogP contribution is -2.26. The van der Waals surface area contributed by atoms with Crippen LogP contribution in [0.2, 0.25) is 0 Å². The molecule has 0 saturated heterocycles. The van der Waals surface area contributed by atoms with Gasteiger partial charge in [0.15, 0.2) is 0 Å². The van der Waals surface area contributed by atoms with E-state index in [9.17, 15) is 9.59 Å². The fraction of sp³-hybridized carbons (Fsp3) is 0.600. The molecule has 16 heavy (non-hydrogen) atoms. The third kappa shape index (κ3) is 2.63. The quantitative estimate of drug-likeness (QED) is 0.794. The molecule has 1 aromatic rings. The minimum absolute atomic E-state index is 0.186. The third-order valence-corrected chi connectivity index (χ3v) is 3.04. The number of nitrogens with zero attached hydrogens (tertiary/aromatic N) is 1. The van der Waals surface area contributed by atoms with Crippen LogP contribution in [0.15, 0.2) is 4.79 Å². The normalized spacial score (nSPS) is 10.2. The van der Waals surface area contributed by atoms with Gasteiger partial charge in [-0.1, -0.05) is 18.3 Å². The zero-order chi connectivity index (χ0) is 12.1. The van der Waals surface area contributed by atoms with Crippen LogP contribution in [0.3, 0.4) is 0 Å². The Morgan fingerprint density at radius 3 is 2.75 bits per heavy atom. The molecule has 1 heterocycles. The van der Waals surface area contributed by atoms with Crippen LogP contribution in [-0.2, 0) is 4.74 Å². The van der Waals surface area contributed by atoms with E-state index in [-0.39, 0.29) is 4.87 Å². The molecule has 90 valence electrons. The summed E-state index contributed by atoms with van der Waals surface area (Å²) in [5, 5.41) is 0. The molecule has 5 nitrogen and oxygen atoms in total. The Morgan fingerprint density at radius 1 is 1.50 bits per heavy atom. The summed E-state index contributed by atoms with van der Waals surface area (Å²) in [5.74, 6) is -0.431. The SMILES string of the molecule is CCCNn1c(C)c(C(=O)OCC)sc1=O. The molecule has 0 spiro atoms. The van der Waals surface area contributed by atoms with Crippen molar-refractivity contribution < 1.29 is 9.53 Å². The Hall–Kier alpha value is -1.30. The molecule has 0 unspecified atom stereocenters. The number of esters is 1. The van der Waals surface area contributed by atoms with Crippen molar-refractivity contribution >= 4 is 17.3 Å². The van der Waals surface area contributed by atoms with Gasteiger partial charge >= 0.3 is 10.8 Å². The summed E-state index contributed by atoms with van der Waals surface area (Å²) in [6.45, 7) is 6.48. The number of hydrogen-bond acceptors (Lipinski definition) is 5. The van der Waals surface area contributed by atoms with E-state index in [2.05, 4.69) is 5.43 Å². The third-order valence-electron chi connectivity index (χ3n) is 2.02. The van der Waals surface area contributed by atoms with Crippen LogP contribution in [0, 0.1) is 6.92 Å². The number of carbonyl (C=O) groups excluding carboxylic acids is 1. The molecule has 0 aliphatic rings. The number of thiazole rings is 1. The predicted molar refractivity (Wildman–Crippen MR) is 63.8 cm³/mol. The lowest BCUT2D eigenvalue weighted by Gasteiger charge is -2.07. The first kappa shape index (κ1) is 12.8. The number of rotatable bonds is 5. The van der Waals surface area contributed by atoms with E-state index in [0.717, 1.165) is 17.8 Å². The second kappa shape index (κ2) is 5.69. The summed E-state index contributed by atoms with van der Waals surface area (Å²) in [7, 11) is 0. The monoisotopic (exact) mass is 244 g/mol. The molecule has 1 N–H and O–H groups in total. The predicted octanol–water partition coefficient (Wildman–Crippen LogP) is 1.35. The minimum atomic E-state index is -0.431. The highest BCUT2D eigenvalue weighted by atomic mass is 32.1. The average molecular weight is 244 g/mol. The van der Waals surface area contributed by atoms with Crippen molar-refractivity contribution in [2.75, 3.05) is 18.6 Å². The number of ether oxygens (including phenoxy) is 1. The van der Waals surface area contributed by atoms with Crippen molar-refractivity contribution in [2.24, 2.45) is 0 Å². The molecule has 1 rings (SSSR count). The highest BCUT2D eigenvalue weighted by Gasteiger charge is 2.18. The molecule has 6 heteroatoms. The second-order valence-corrected chi connectivity index (χ2v) is 4.21. The van der Waals surface area contributed by atoms with Gasteiger partial charge in [0.1, 0.15) is 4.88 Å². The van der Waals surface area contributed by atoms with Crippen LogP contribution in [0.5, 0.6) is 0 Å². The van der Waals surface area contributed by atoms with E-state index in [0.29, 0.717) is 23.7 Å². The van der Waals surface area contributed by atoms with Gasteiger partial charge < -0.3 is 10.2 Å². The molecule has 0 atom stereocenters. The van der Waals surface area contributed by atoms with Gasteiger partial charge in [-0.2, -0.15) is 0 Å². The average Bonchev–Trinajstić information content (AvgIpc) is 2.53. The van der Waals surface area contributed by atoms with Crippen molar-refractivity contribution in [1.29, 1.82) is 0 Å². The van der Waals surface area contributed by atoms with Crippen LogP contribution >= 0.6 is 11.3 Å². The maximum atomic E-state index is 11.6. The van der Waals surface area contributed by atoms with E-state index < -0.39 is 5.97 Å². The summed E-state index contributed by atoms with van der Waals surface area (Å²) in [5.41, 5.74) is 3.57. The first-order chi connectivity index (χ1) is 7.61. The van der Waals surface area contributed by atoms with E-state index in [4.69, 9.17) is 4.74 Å². The Kier molecular flexibility index (Phi) is 4.54. The van der Waals surface area contributed by atoms with Crippen molar-refractivity contribution in [3.63, 3.8) is 0 Å². The molecule has 0 amide bonds. The van der Waals surface area contributed by atoms with Crippen molar-refractivity contribution in [2.45, 2.75) is 27.2 Å². The van der Waals surface area contributed by atoms with E-state index >= 15 is 0 Å². The number of nitrogens with one attached hydrogen (secondary N) is 1. The standard InChI is InChI=1S/C10H16N2O3S/c1-4-6-11-12-7(3)8(16-10(12)14)9(13)15-5-2/h11H,4-6H2,1-3H3. The van der Waals surface area contributed by atoms with Crippen LogP contribution in [0.4, 0.5) is 0 Å². The summed E-state index contributed by atoms with van der Waals surface area (Å²) >= 11 is 0.910. The van der Waals surface area contributed by atoms with E-state index in [1.165, 1.54) is 4.68 Å². The molecule has 0 saturated carbocycles. The van der Waals surface area contributed by atoms with Gasteiger partial charge in [-0.05, 0) is 20.3 Å². The maximum absolute atomic E-state index is 11.6. The van der Waals surface area contributed by atoms with Gasteiger partial charge in [-0.15, -0.1) is 0 Å². The van der Waals surface area contributed by atoms with E-state index in [1.807, 2.05) is 6.92 Å². The van der Waals surface area contributed by atoms with Crippen molar-refractivity contribution in [3.8, 4) is 0 Å². The Morgan fingerprint density at radius 2 is 2.19 bits per heavy atom. The lowest BCUT2D eigenvalue weighted by atomic mass is 10.4. The molecule has 0 bridgehead atoms. The van der Waals surface area contributed by atoms with Crippen LogP contribution in [-0.4, -0.2) is 23.8 Å². The van der Waals surface area contributed by atoms with Gasteiger partial charge in [0.05, 0.1) is 12.3 Å². The first-order valence-electron chi connectivity index (χ1n) is 5.25. The fourth-order valence-electron chi connectivity index (χ4n) is 1.24. The zero-order valence-electron chi connectivity index (χ0n) is 9.70. The number of aromatic nitrogens is 1. The van der Waals surface area contributed by atoms with Crippen molar-refractivity contribution in [1.82, 2.24) is 4.68 Å². The molecule has 0 aliphatic carbocycles. The lowest BCUT2D eigenvalue weighted by molar-refractivity contribution is 0.0530.